The normalized spacial score (nSPS) is 14.5. The highest BCUT2D eigenvalue weighted by Crippen LogP contribution is 2.38. The zero-order valence-electron chi connectivity index (χ0n) is 13.2. The van der Waals surface area contributed by atoms with Crippen LogP contribution in [0.1, 0.15) is 26.3 Å². The van der Waals surface area contributed by atoms with E-state index in [1.165, 1.54) is 0 Å². The Hall–Kier alpha value is -1.46. The molecule has 1 aliphatic rings. The zero-order valence-corrected chi connectivity index (χ0v) is 13.2. The minimum Gasteiger partial charge on any atom is -0.492 e. The highest BCUT2D eigenvalue weighted by atomic mass is 16.7. The SMILES string of the molecule is CCN(CC)CCOc1cc2c(cc1CC(C)N)OCO2. The summed E-state index contributed by atoms with van der Waals surface area (Å²) >= 11 is 0. The largest absolute Gasteiger partial charge is 0.492 e. The van der Waals surface area contributed by atoms with E-state index in [4.69, 9.17) is 19.9 Å². The maximum atomic E-state index is 5.96. The van der Waals surface area contributed by atoms with Crippen LogP contribution < -0.4 is 19.9 Å². The second kappa shape index (κ2) is 7.52. The van der Waals surface area contributed by atoms with Crippen LogP contribution in [0.4, 0.5) is 0 Å². The van der Waals surface area contributed by atoms with Crippen LogP contribution in [-0.4, -0.2) is 44.0 Å². The van der Waals surface area contributed by atoms with E-state index in [0.29, 0.717) is 6.61 Å². The molecule has 2 rings (SSSR count). The van der Waals surface area contributed by atoms with Gasteiger partial charge in [0.1, 0.15) is 12.4 Å². The quantitative estimate of drug-likeness (QED) is 0.795. The highest BCUT2D eigenvalue weighted by Gasteiger charge is 2.18. The minimum atomic E-state index is 0.0792. The first-order chi connectivity index (χ1) is 10.1. The third kappa shape index (κ3) is 4.25. The number of nitrogens with two attached hydrogens (primary N) is 1. The number of nitrogens with zero attached hydrogens (tertiary/aromatic N) is 1. The summed E-state index contributed by atoms with van der Waals surface area (Å²) in [5.74, 6) is 2.38. The highest BCUT2D eigenvalue weighted by molar-refractivity contribution is 5.52. The molecule has 0 spiro atoms. The molecule has 1 aromatic carbocycles. The number of ether oxygens (including phenoxy) is 3. The van der Waals surface area contributed by atoms with Gasteiger partial charge in [0.15, 0.2) is 11.5 Å². The van der Waals surface area contributed by atoms with Gasteiger partial charge in [-0.3, -0.25) is 0 Å². The molecular formula is C16H26N2O3. The summed E-state index contributed by atoms with van der Waals surface area (Å²) in [5.41, 5.74) is 7.00. The predicted octanol–water partition coefficient (Wildman–Crippen LogP) is 2.03. The van der Waals surface area contributed by atoms with E-state index in [9.17, 15) is 0 Å². The van der Waals surface area contributed by atoms with Gasteiger partial charge in [0.25, 0.3) is 0 Å². The average Bonchev–Trinajstić information content (AvgIpc) is 2.90. The maximum absolute atomic E-state index is 5.96. The predicted molar refractivity (Wildman–Crippen MR) is 83.2 cm³/mol. The van der Waals surface area contributed by atoms with Crippen molar-refractivity contribution in [2.45, 2.75) is 33.2 Å². The van der Waals surface area contributed by atoms with Crippen molar-refractivity contribution in [3.8, 4) is 17.2 Å². The van der Waals surface area contributed by atoms with E-state index in [1.54, 1.807) is 0 Å². The molecule has 0 aromatic heterocycles. The molecule has 5 heteroatoms. The molecule has 1 aromatic rings. The summed E-state index contributed by atoms with van der Waals surface area (Å²) in [6.45, 7) is 10.2. The topological polar surface area (TPSA) is 57.0 Å². The first-order valence-electron chi connectivity index (χ1n) is 7.67. The monoisotopic (exact) mass is 294 g/mol. The van der Waals surface area contributed by atoms with Gasteiger partial charge >= 0.3 is 0 Å². The lowest BCUT2D eigenvalue weighted by Gasteiger charge is -2.19. The average molecular weight is 294 g/mol. The molecule has 1 aliphatic heterocycles. The van der Waals surface area contributed by atoms with Crippen LogP contribution >= 0.6 is 0 Å². The number of likely N-dealkylation sites (N-methyl/N-ethyl adjacent to an activating group) is 1. The van der Waals surface area contributed by atoms with Crippen molar-refractivity contribution in [2.75, 3.05) is 33.0 Å². The van der Waals surface area contributed by atoms with Gasteiger partial charge in [-0.05, 0) is 38.1 Å². The lowest BCUT2D eigenvalue weighted by atomic mass is 10.1. The van der Waals surface area contributed by atoms with Crippen LogP contribution in [0.3, 0.4) is 0 Å². The number of hydrogen-bond donors (Lipinski definition) is 1. The third-order valence-corrected chi connectivity index (χ3v) is 3.66. The summed E-state index contributed by atoms with van der Waals surface area (Å²) in [5, 5.41) is 0. The van der Waals surface area contributed by atoms with E-state index in [-0.39, 0.29) is 12.8 Å². The Bertz CT molecular complexity index is 459. The van der Waals surface area contributed by atoms with E-state index in [1.807, 2.05) is 19.1 Å². The summed E-state index contributed by atoms with van der Waals surface area (Å²) < 4.78 is 16.8. The van der Waals surface area contributed by atoms with E-state index < -0.39 is 0 Å². The van der Waals surface area contributed by atoms with Gasteiger partial charge in [-0.15, -0.1) is 0 Å². The fourth-order valence-corrected chi connectivity index (χ4v) is 2.43. The van der Waals surface area contributed by atoms with Gasteiger partial charge in [-0.25, -0.2) is 0 Å². The Morgan fingerprint density at radius 1 is 1.24 bits per heavy atom. The number of benzene rings is 1. The Kier molecular flexibility index (Phi) is 5.70. The van der Waals surface area contributed by atoms with Crippen LogP contribution in [0.2, 0.25) is 0 Å². The number of hydrogen-bond acceptors (Lipinski definition) is 5. The molecule has 0 fully saturated rings. The zero-order chi connectivity index (χ0) is 15.2. The molecule has 21 heavy (non-hydrogen) atoms. The minimum absolute atomic E-state index is 0.0792. The molecule has 118 valence electrons. The molecule has 0 saturated carbocycles. The summed E-state index contributed by atoms with van der Waals surface area (Å²) in [6, 6.07) is 3.98. The van der Waals surface area contributed by atoms with Gasteiger partial charge in [0, 0.05) is 18.7 Å². The summed E-state index contributed by atoms with van der Waals surface area (Å²) in [6.07, 6.45) is 0.761. The van der Waals surface area contributed by atoms with Gasteiger partial charge in [-0.2, -0.15) is 0 Å². The van der Waals surface area contributed by atoms with Crippen molar-refractivity contribution < 1.29 is 14.2 Å². The lowest BCUT2D eigenvalue weighted by molar-refractivity contribution is 0.173. The molecule has 0 radical (unpaired) electrons. The second-order valence-electron chi connectivity index (χ2n) is 5.37. The van der Waals surface area contributed by atoms with Gasteiger partial charge in [0.2, 0.25) is 6.79 Å². The van der Waals surface area contributed by atoms with Gasteiger partial charge in [0.05, 0.1) is 0 Å². The van der Waals surface area contributed by atoms with Crippen molar-refractivity contribution in [2.24, 2.45) is 5.73 Å². The summed E-state index contributed by atoms with van der Waals surface area (Å²) in [7, 11) is 0. The molecule has 5 nitrogen and oxygen atoms in total. The van der Waals surface area contributed by atoms with Crippen molar-refractivity contribution in [3.63, 3.8) is 0 Å². The molecule has 2 N–H and O–H groups in total. The first kappa shape index (κ1) is 15.9. The number of rotatable bonds is 8. The fraction of sp³-hybridized carbons (Fsp3) is 0.625. The standard InChI is InChI=1S/C16H26N2O3/c1-4-18(5-2)6-7-19-14-10-16-15(20-11-21-16)9-13(14)8-12(3)17/h9-10,12H,4-8,11,17H2,1-3H3. The van der Waals surface area contributed by atoms with Crippen molar-refractivity contribution in [1.29, 1.82) is 0 Å². The van der Waals surface area contributed by atoms with Crippen LogP contribution in [0.15, 0.2) is 12.1 Å². The van der Waals surface area contributed by atoms with Gasteiger partial charge in [-0.1, -0.05) is 13.8 Å². The Balaban J connectivity index is 2.05. The summed E-state index contributed by atoms with van der Waals surface area (Å²) in [4.78, 5) is 2.33. The molecule has 0 aliphatic carbocycles. The molecular weight excluding hydrogens is 268 g/mol. The van der Waals surface area contributed by atoms with E-state index in [0.717, 1.165) is 48.9 Å². The van der Waals surface area contributed by atoms with Gasteiger partial charge < -0.3 is 24.8 Å². The Morgan fingerprint density at radius 2 is 1.90 bits per heavy atom. The van der Waals surface area contributed by atoms with Crippen LogP contribution in [0.25, 0.3) is 0 Å². The lowest BCUT2D eigenvalue weighted by Crippen LogP contribution is -2.28. The molecule has 1 heterocycles. The molecule has 1 unspecified atom stereocenters. The Morgan fingerprint density at radius 3 is 2.52 bits per heavy atom. The van der Waals surface area contributed by atoms with Crippen molar-refractivity contribution in [1.82, 2.24) is 4.90 Å². The second-order valence-corrected chi connectivity index (χ2v) is 5.37. The van der Waals surface area contributed by atoms with E-state index >= 15 is 0 Å². The fourth-order valence-electron chi connectivity index (χ4n) is 2.43. The van der Waals surface area contributed by atoms with Crippen molar-refractivity contribution >= 4 is 0 Å². The molecule has 0 amide bonds. The Labute approximate surface area is 127 Å². The van der Waals surface area contributed by atoms with Crippen LogP contribution in [0.5, 0.6) is 17.2 Å². The third-order valence-electron chi connectivity index (χ3n) is 3.66. The van der Waals surface area contributed by atoms with E-state index in [2.05, 4.69) is 18.7 Å². The maximum Gasteiger partial charge on any atom is 0.231 e. The first-order valence-corrected chi connectivity index (χ1v) is 7.67. The van der Waals surface area contributed by atoms with Crippen molar-refractivity contribution in [3.05, 3.63) is 17.7 Å². The molecule has 1 atom stereocenters. The smallest absolute Gasteiger partial charge is 0.231 e. The molecule has 0 saturated heterocycles. The van der Waals surface area contributed by atoms with Crippen LogP contribution in [-0.2, 0) is 6.42 Å². The van der Waals surface area contributed by atoms with Crippen LogP contribution in [0, 0.1) is 0 Å². The number of fused-ring (bicyclic) bond motifs is 1. The molecule has 0 bridgehead atoms.